The number of aliphatic imine (C=N–C) groups is 2. The molecule has 0 aliphatic heterocycles. The van der Waals surface area contributed by atoms with Crippen LogP contribution in [0, 0.1) is 5.41 Å². The maximum atomic E-state index is 11.6. The number of nitrogens with zero attached hydrogens (tertiary/aromatic N) is 5. The van der Waals surface area contributed by atoms with Crippen molar-refractivity contribution in [3.63, 3.8) is 0 Å². The average Bonchev–Trinajstić information content (AvgIpc) is 2.65. The fraction of sp³-hybridized carbons (Fsp3) is 0.333. The summed E-state index contributed by atoms with van der Waals surface area (Å²) in [5, 5.41) is 23.2. The molecule has 0 N–H and O–H groups in total. The third-order valence-electron chi connectivity index (χ3n) is 3.34. The Morgan fingerprint density at radius 3 is 1.48 bits per heavy atom. The van der Waals surface area contributed by atoms with Gasteiger partial charge in [-0.2, -0.15) is 0 Å². The van der Waals surface area contributed by atoms with Crippen molar-refractivity contribution in [3.05, 3.63) is 75.6 Å². The molecule has 166 valence electrons. The molecule has 0 atom stereocenters. The van der Waals surface area contributed by atoms with Gasteiger partial charge in [0, 0.05) is 54.2 Å². The Labute approximate surface area is 196 Å². The van der Waals surface area contributed by atoms with E-state index in [4.69, 9.17) is 11.1 Å². The van der Waals surface area contributed by atoms with Crippen molar-refractivity contribution in [2.24, 2.45) is 15.4 Å². The molecule has 0 heterocycles. The Balaban J connectivity index is 0. The van der Waals surface area contributed by atoms with E-state index in [0.29, 0.717) is 24.2 Å². The molecule has 0 bridgehead atoms. The summed E-state index contributed by atoms with van der Waals surface area (Å²) in [5.41, 5.74) is 14.5. The van der Waals surface area contributed by atoms with Crippen molar-refractivity contribution in [1.82, 2.24) is 0 Å². The van der Waals surface area contributed by atoms with Crippen LogP contribution in [0.4, 0.5) is 0 Å². The molecule has 0 amide bonds. The molecule has 2 aromatic carbocycles. The minimum absolute atomic E-state index is 0. The smallest absolute Gasteiger partial charge is 0.872 e. The fourth-order valence-corrected chi connectivity index (χ4v) is 2.01. The van der Waals surface area contributed by atoms with Gasteiger partial charge in [-0.15, -0.1) is 11.5 Å². The summed E-state index contributed by atoms with van der Waals surface area (Å²) in [6.07, 6.45) is 6.50. The van der Waals surface area contributed by atoms with E-state index in [-0.39, 0.29) is 34.0 Å². The molecule has 0 aliphatic rings. The summed E-state index contributed by atoms with van der Waals surface area (Å²) in [6, 6.07) is 13.6. The van der Waals surface area contributed by atoms with Gasteiger partial charge >= 0.3 is 17.1 Å². The Hall–Kier alpha value is -2.64. The molecular formula is C21H26MnN5O3S. The average molecular weight is 483 g/mol. The first-order valence-corrected chi connectivity index (χ1v) is 10.8. The summed E-state index contributed by atoms with van der Waals surface area (Å²) in [4.78, 5) is 10.2. The number of hydrogen-bond acceptors (Lipinski definition) is 5. The molecule has 0 aliphatic carbocycles. The van der Waals surface area contributed by atoms with Gasteiger partial charge in [0.2, 0.25) is 0 Å². The molecule has 0 fully saturated rings. The van der Waals surface area contributed by atoms with E-state index < -0.39 is 10.8 Å². The molecule has 0 saturated heterocycles. The van der Waals surface area contributed by atoms with E-state index in [1.54, 1.807) is 49.2 Å². The summed E-state index contributed by atoms with van der Waals surface area (Å²) >= 11 is 0. The van der Waals surface area contributed by atoms with E-state index in [1.165, 1.54) is 17.0 Å². The number of hydrogen-bond donors (Lipinski definition) is 0. The molecule has 2 rings (SSSR count). The van der Waals surface area contributed by atoms with Gasteiger partial charge in [-0.3, -0.25) is 19.1 Å². The zero-order chi connectivity index (χ0) is 23.0. The monoisotopic (exact) mass is 483 g/mol. The molecule has 0 radical (unpaired) electrons. The second kappa shape index (κ2) is 17.1. The Kier molecular flexibility index (Phi) is 16.8. The molecule has 0 spiro atoms. The minimum Gasteiger partial charge on any atom is -0.872 e. The summed E-state index contributed by atoms with van der Waals surface area (Å²) in [5.74, 6) is -0.0572. The first-order chi connectivity index (χ1) is 14.1. The minimum atomic E-state index is -0.611. The molecule has 8 nitrogen and oxygen atoms in total. The molecule has 31 heavy (non-hydrogen) atoms. The third kappa shape index (κ3) is 15.8. The quantitative estimate of drug-likeness (QED) is 0.204. The van der Waals surface area contributed by atoms with Gasteiger partial charge in [-0.25, -0.2) is 0 Å². The largest absolute Gasteiger partial charge is 3.00 e. The van der Waals surface area contributed by atoms with Crippen molar-refractivity contribution < 1.29 is 31.5 Å². The van der Waals surface area contributed by atoms with Crippen LogP contribution < -0.4 is 10.2 Å². The number of benzene rings is 2. The van der Waals surface area contributed by atoms with E-state index in [9.17, 15) is 14.4 Å². The Morgan fingerprint density at radius 1 is 0.903 bits per heavy atom. The zero-order valence-corrected chi connectivity index (χ0v) is 19.9. The van der Waals surface area contributed by atoms with Gasteiger partial charge < -0.3 is 21.3 Å². The standard InChI is InChI=1S/C19H22N2O2.C2H6OS.Mn.N3/c1-19(2,13-20-11-15-7-3-5-9-17(15)22)14-21-12-16-8-4-6-10-18(16)23;1-4(2)3;;1-3-2/h3-12,22-23H,13-14H2,1-2H3;1-2H3;;/q;;+3;-1/p-2. The van der Waals surface area contributed by atoms with Crippen LogP contribution in [0.1, 0.15) is 25.0 Å². The van der Waals surface area contributed by atoms with Gasteiger partial charge in [-0.05, 0) is 11.1 Å². The first-order valence-electron chi connectivity index (χ1n) is 8.88. The Bertz CT molecular complexity index is 835. The Morgan fingerprint density at radius 2 is 1.19 bits per heavy atom. The predicted octanol–water partition coefficient (Wildman–Crippen LogP) is 3.26. The van der Waals surface area contributed by atoms with Gasteiger partial charge in [0.05, 0.1) is 0 Å². The summed E-state index contributed by atoms with van der Waals surface area (Å²) in [7, 11) is -0.611. The summed E-state index contributed by atoms with van der Waals surface area (Å²) in [6.45, 7) is 5.21. The third-order valence-corrected chi connectivity index (χ3v) is 3.34. The predicted molar refractivity (Wildman–Crippen MR) is 121 cm³/mol. The van der Waals surface area contributed by atoms with Crippen LogP contribution in [0.2, 0.25) is 0 Å². The van der Waals surface area contributed by atoms with Crippen LogP contribution in [0.25, 0.3) is 16.0 Å². The van der Waals surface area contributed by atoms with E-state index in [2.05, 4.69) is 9.98 Å². The molecule has 0 aromatic heterocycles. The van der Waals surface area contributed by atoms with Crippen LogP contribution in [0.3, 0.4) is 0 Å². The van der Waals surface area contributed by atoms with E-state index in [0.717, 1.165) is 0 Å². The molecule has 2 aromatic rings. The van der Waals surface area contributed by atoms with Crippen molar-refractivity contribution in [2.75, 3.05) is 25.6 Å². The first kappa shape index (κ1) is 30.6. The maximum absolute atomic E-state index is 11.6. The van der Waals surface area contributed by atoms with Crippen molar-refractivity contribution in [2.45, 2.75) is 13.8 Å². The topological polar surface area (TPSA) is 147 Å². The van der Waals surface area contributed by atoms with Gasteiger partial charge in [0.1, 0.15) is 0 Å². The SMILES string of the molecule is CC(C)(CN=Cc1ccccc1[O-])CN=Cc1ccccc1[O-].CS(C)=O.[Mn+3].[N-]=[N+]=[N-]. The molecule has 10 heteroatoms. The van der Waals surface area contributed by atoms with Crippen LogP contribution >= 0.6 is 0 Å². The van der Waals surface area contributed by atoms with Crippen molar-refractivity contribution >= 4 is 23.2 Å². The molecule has 0 saturated carbocycles. The van der Waals surface area contributed by atoms with Gasteiger partial charge in [-0.1, -0.05) is 62.4 Å². The van der Waals surface area contributed by atoms with Crippen LogP contribution in [0.5, 0.6) is 11.5 Å². The second-order valence-corrected chi connectivity index (χ2v) is 8.49. The van der Waals surface area contributed by atoms with E-state index >= 15 is 0 Å². The number of rotatable bonds is 6. The number of para-hydroxylation sites is 2. The van der Waals surface area contributed by atoms with Crippen LogP contribution in [0.15, 0.2) is 58.5 Å². The van der Waals surface area contributed by atoms with Crippen molar-refractivity contribution in [3.8, 4) is 11.5 Å². The van der Waals surface area contributed by atoms with E-state index in [1.807, 2.05) is 26.0 Å². The zero-order valence-electron chi connectivity index (χ0n) is 17.9. The van der Waals surface area contributed by atoms with Gasteiger partial charge in [0.15, 0.2) is 0 Å². The normalized spacial score (nSPS) is 10.5. The fourth-order valence-electron chi connectivity index (χ4n) is 2.01. The van der Waals surface area contributed by atoms with Crippen LogP contribution in [-0.4, -0.2) is 42.2 Å². The summed E-state index contributed by atoms with van der Waals surface area (Å²) < 4.78 is 9.56. The second-order valence-electron chi connectivity index (χ2n) is 7.01. The molecule has 0 unspecified atom stereocenters. The van der Waals surface area contributed by atoms with Gasteiger partial charge in [0.25, 0.3) is 0 Å². The van der Waals surface area contributed by atoms with Crippen LogP contribution in [-0.2, 0) is 27.9 Å². The molecular weight excluding hydrogens is 457 g/mol. The maximum Gasteiger partial charge on any atom is 3.00 e. The van der Waals surface area contributed by atoms with Crippen molar-refractivity contribution in [1.29, 1.82) is 0 Å².